The number of hydrogen-bond acceptors (Lipinski definition) is 3. The van der Waals surface area contributed by atoms with Crippen molar-refractivity contribution < 1.29 is 9.59 Å². The first kappa shape index (κ1) is 22.5. The van der Waals surface area contributed by atoms with Gasteiger partial charge in [-0.2, -0.15) is 0 Å². The van der Waals surface area contributed by atoms with Crippen LogP contribution in [0.2, 0.25) is 0 Å². The van der Waals surface area contributed by atoms with E-state index >= 15 is 0 Å². The Hall–Kier alpha value is -2.14. The molecule has 0 N–H and O–H groups in total. The Morgan fingerprint density at radius 3 is 2.43 bits per heavy atom. The molecule has 1 atom stereocenters. The van der Waals surface area contributed by atoms with Crippen LogP contribution in [0.25, 0.3) is 0 Å². The third-order valence-electron chi connectivity index (χ3n) is 5.52. The molecule has 3 rings (SSSR count). The molecule has 1 unspecified atom stereocenters. The van der Waals surface area contributed by atoms with Crippen molar-refractivity contribution in [2.75, 3.05) is 19.6 Å². The summed E-state index contributed by atoms with van der Waals surface area (Å²) in [4.78, 5) is 31.6. The van der Waals surface area contributed by atoms with Gasteiger partial charge < -0.3 is 9.80 Å². The molecular formula is C25H34N2O2S. The third-order valence-corrected chi connectivity index (χ3v) is 6.52. The summed E-state index contributed by atoms with van der Waals surface area (Å²) >= 11 is 1.77. The lowest BCUT2D eigenvalue weighted by molar-refractivity contribution is -0.146. The monoisotopic (exact) mass is 426 g/mol. The number of nitrogens with zero attached hydrogens (tertiary/aromatic N) is 2. The van der Waals surface area contributed by atoms with Gasteiger partial charge in [0.2, 0.25) is 11.8 Å². The van der Waals surface area contributed by atoms with Crippen molar-refractivity contribution in [1.82, 2.24) is 9.80 Å². The zero-order valence-corrected chi connectivity index (χ0v) is 19.9. The number of benzene rings is 1. The summed E-state index contributed by atoms with van der Waals surface area (Å²) < 4.78 is 0. The molecule has 4 nitrogen and oxygen atoms in total. The highest BCUT2D eigenvalue weighted by Crippen LogP contribution is 2.38. The van der Waals surface area contributed by atoms with E-state index in [1.165, 1.54) is 16.0 Å². The molecule has 2 heterocycles. The van der Waals surface area contributed by atoms with Gasteiger partial charge in [0, 0.05) is 23.4 Å². The number of hydrogen-bond donors (Lipinski definition) is 0. The molecule has 2 aromatic rings. The molecule has 0 bridgehead atoms. The summed E-state index contributed by atoms with van der Waals surface area (Å²) in [5.74, 6) is 0.363. The van der Waals surface area contributed by atoms with Crippen LogP contribution in [0.4, 0.5) is 0 Å². The van der Waals surface area contributed by atoms with Crippen LogP contribution in [0.1, 0.15) is 62.2 Å². The lowest BCUT2D eigenvalue weighted by Gasteiger charge is -2.38. The van der Waals surface area contributed by atoms with Gasteiger partial charge in [-0.1, -0.05) is 64.4 Å². The number of fused-ring (bicyclic) bond motifs is 1. The van der Waals surface area contributed by atoms with Crippen molar-refractivity contribution in [2.24, 2.45) is 11.3 Å². The number of carbonyl (C=O) groups excluding carboxylic acids is 2. The number of aryl methyl sites for hydroxylation is 1. The average molecular weight is 427 g/mol. The Morgan fingerprint density at radius 2 is 1.83 bits per heavy atom. The largest absolute Gasteiger partial charge is 0.333 e. The van der Waals surface area contributed by atoms with E-state index in [9.17, 15) is 9.59 Å². The maximum Gasteiger partial charge on any atom is 0.242 e. The Bertz CT molecular complexity index is 893. The van der Waals surface area contributed by atoms with Crippen LogP contribution in [0.5, 0.6) is 0 Å². The minimum Gasteiger partial charge on any atom is -0.333 e. The highest BCUT2D eigenvalue weighted by molar-refractivity contribution is 7.10. The third kappa shape index (κ3) is 4.94. The van der Waals surface area contributed by atoms with Crippen molar-refractivity contribution in [3.63, 3.8) is 0 Å². The summed E-state index contributed by atoms with van der Waals surface area (Å²) in [5.41, 5.74) is 3.05. The van der Waals surface area contributed by atoms with Gasteiger partial charge in [0.05, 0.1) is 12.6 Å². The van der Waals surface area contributed by atoms with E-state index in [0.29, 0.717) is 19.0 Å². The quantitative estimate of drug-likeness (QED) is 0.670. The molecule has 0 aliphatic carbocycles. The van der Waals surface area contributed by atoms with Crippen LogP contribution in [0.15, 0.2) is 35.7 Å². The van der Waals surface area contributed by atoms with Gasteiger partial charge in [-0.15, -0.1) is 11.3 Å². The summed E-state index contributed by atoms with van der Waals surface area (Å²) in [6, 6.07) is 10.5. The Balaban J connectivity index is 1.90. The van der Waals surface area contributed by atoms with Crippen LogP contribution in [-0.2, 0) is 16.0 Å². The van der Waals surface area contributed by atoms with Gasteiger partial charge in [-0.05, 0) is 41.8 Å². The molecule has 162 valence electrons. The van der Waals surface area contributed by atoms with Crippen LogP contribution >= 0.6 is 11.3 Å². The zero-order chi connectivity index (χ0) is 22.1. The van der Waals surface area contributed by atoms with Gasteiger partial charge in [0.1, 0.15) is 0 Å². The number of rotatable bonds is 5. The predicted molar refractivity (Wildman–Crippen MR) is 124 cm³/mol. The standard InChI is InChI=1S/C25H34N2O2S/c1-17(2)15-26(24(29)25(4,5)6)16-22(28)27-13-11-21-20(12-14-30-21)23(27)19-9-7-18(3)8-10-19/h7-10,12,14,17,23H,11,13,15-16H2,1-6H3. The van der Waals surface area contributed by atoms with Crippen molar-refractivity contribution >= 4 is 23.2 Å². The fourth-order valence-corrected chi connectivity index (χ4v) is 4.99. The van der Waals surface area contributed by atoms with Gasteiger partial charge >= 0.3 is 0 Å². The Labute approximate surface area is 184 Å². The molecule has 0 saturated heterocycles. The average Bonchev–Trinajstić information content (AvgIpc) is 3.14. The summed E-state index contributed by atoms with van der Waals surface area (Å²) in [6.45, 7) is 13.4. The lowest BCUT2D eigenvalue weighted by atomic mass is 9.92. The molecule has 2 amide bonds. The van der Waals surface area contributed by atoms with E-state index in [-0.39, 0.29) is 24.4 Å². The second-order valence-electron chi connectivity index (χ2n) is 9.78. The highest BCUT2D eigenvalue weighted by atomic mass is 32.1. The summed E-state index contributed by atoms with van der Waals surface area (Å²) in [6.07, 6.45) is 0.874. The number of carbonyl (C=O) groups is 2. The van der Waals surface area contributed by atoms with Crippen molar-refractivity contribution in [3.8, 4) is 0 Å². The minimum atomic E-state index is -0.506. The van der Waals surface area contributed by atoms with Crippen LogP contribution in [0.3, 0.4) is 0 Å². The van der Waals surface area contributed by atoms with Crippen LogP contribution < -0.4 is 0 Å². The topological polar surface area (TPSA) is 40.6 Å². The zero-order valence-electron chi connectivity index (χ0n) is 19.1. The molecule has 1 aromatic carbocycles. The van der Waals surface area contributed by atoms with Gasteiger partial charge in [0.15, 0.2) is 0 Å². The highest BCUT2D eigenvalue weighted by Gasteiger charge is 2.35. The van der Waals surface area contributed by atoms with E-state index in [4.69, 9.17) is 0 Å². The smallest absolute Gasteiger partial charge is 0.242 e. The lowest BCUT2D eigenvalue weighted by Crippen LogP contribution is -2.49. The summed E-state index contributed by atoms with van der Waals surface area (Å²) in [7, 11) is 0. The Kier molecular flexibility index (Phi) is 6.71. The SMILES string of the molecule is Cc1ccc(C2c3ccsc3CCN2C(=O)CN(CC(C)C)C(=O)C(C)(C)C)cc1. The van der Waals surface area contributed by atoms with E-state index < -0.39 is 5.41 Å². The molecule has 0 spiro atoms. The first-order valence-corrected chi connectivity index (χ1v) is 11.7. The van der Waals surface area contributed by atoms with Gasteiger partial charge in [0.25, 0.3) is 0 Å². The maximum atomic E-state index is 13.5. The van der Waals surface area contributed by atoms with E-state index in [1.807, 2.05) is 25.7 Å². The van der Waals surface area contributed by atoms with Crippen molar-refractivity contribution in [1.29, 1.82) is 0 Å². The Morgan fingerprint density at radius 1 is 1.17 bits per heavy atom. The molecule has 1 aromatic heterocycles. The molecule has 5 heteroatoms. The molecular weight excluding hydrogens is 392 g/mol. The van der Waals surface area contributed by atoms with E-state index in [2.05, 4.69) is 56.5 Å². The van der Waals surface area contributed by atoms with Crippen LogP contribution in [0, 0.1) is 18.3 Å². The second-order valence-corrected chi connectivity index (χ2v) is 10.8. The molecule has 0 radical (unpaired) electrons. The van der Waals surface area contributed by atoms with E-state index in [0.717, 1.165) is 12.0 Å². The minimum absolute atomic E-state index is 0.0238. The van der Waals surface area contributed by atoms with Crippen molar-refractivity contribution in [2.45, 2.75) is 54.0 Å². The molecule has 30 heavy (non-hydrogen) atoms. The number of thiophene rings is 1. The van der Waals surface area contributed by atoms with E-state index in [1.54, 1.807) is 16.2 Å². The first-order valence-electron chi connectivity index (χ1n) is 10.8. The van der Waals surface area contributed by atoms with Gasteiger partial charge in [-0.3, -0.25) is 9.59 Å². The molecule has 1 aliphatic rings. The fourth-order valence-electron chi connectivity index (χ4n) is 4.08. The first-order chi connectivity index (χ1) is 14.1. The van der Waals surface area contributed by atoms with Gasteiger partial charge in [-0.25, -0.2) is 0 Å². The van der Waals surface area contributed by atoms with Crippen LogP contribution in [-0.4, -0.2) is 41.2 Å². The second kappa shape index (κ2) is 8.93. The van der Waals surface area contributed by atoms with Crippen molar-refractivity contribution in [3.05, 3.63) is 57.3 Å². The summed E-state index contributed by atoms with van der Waals surface area (Å²) in [5, 5.41) is 2.12. The maximum absolute atomic E-state index is 13.5. The normalized spacial score (nSPS) is 16.5. The number of amides is 2. The fraction of sp³-hybridized carbons (Fsp3) is 0.520. The molecule has 1 aliphatic heterocycles. The molecule has 0 saturated carbocycles. The molecule has 0 fully saturated rings. The predicted octanol–water partition coefficient (Wildman–Crippen LogP) is 5.06.